The summed E-state index contributed by atoms with van der Waals surface area (Å²) >= 11 is 0. The van der Waals surface area contributed by atoms with Crippen LogP contribution in [0.1, 0.15) is 33.1 Å². The zero-order chi connectivity index (χ0) is 16.2. The van der Waals surface area contributed by atoms with E-state index in [-0.39, 0.29) is 0 Å². The van der Waals surface area contributed by atoms with E-state index in [1.54, 1.807) is 7.05 Å². The minimum absolute atomic E-state index is 0.581. The molecule has 0 aliphatic carbocycles. The first-order valence-electron chi connectivity index (χ1n) is 8.01. The molecule has 0 aromatic heterocycles. The van der Waals surface area contributed by atoms with E-state index >= 15 is 0 Å². The van der Waals surface area contributed by atoms with E-state index in [0.717, 1.165) is 29.7 Å². The second kappa shape index (κ2) is 11.2. The molecule has 0 amide bonds. The number of unbranched alkanes of at least 4 members (excludes halogenated alkanes) is 1. The van der Waals surface area contributed by atoms with Gasteiger partial charge in [0.2, 0.25) is 0 Å². The van der Waals surface area contributed by atoms with Gasteiger partial charge in [-0.3, -0.25) is 9.20 Å². The van der Waals surface area contributed by atoms with Crippen molar-refractivity contribution in [3.05, 3.63) is 30.3 Å². The third-order valence-corrected chi connectivity index (χ3v) is 4.68. The molecule has 1 aromatic carbocycles. The zero-order valence-corrected chi connectivity index (χ0v) is 14.8. The minimum Gasteiger partial charge on any atom is -0.356 e. The fourth-order valence-corrected chi connectivity index (χ4v) is 3.04. The summed E-state index contributed by atoms with van der Waals surface area (Å²) in [7, 11) is 0.800. The van der Waals surface area contributed by atoms with Gasteiger partial charge in [0.15, 0.2) is 5.96 Å². The van der Waals surface area contributed by atoms with Crippen LogP contribution in [0.4, 0.5) is 0 Å². The lowest BCUT2D eigenvalue weighted by Gasteiger charge is -2.12. The molecule has 2 N–H and O–H groups in total. The lowest BCUT2D eigenvalue weighted by Crippen LogP contribution is -2.39. The van der Waals surface area contributed by atoms with Crippen LogP contribution in [0.3, 0.4) is 0 Å². The van der Waals surface area contributed by atoms with Gasteiger partial charge in [0.05, 0.1) is 10.8 Å². The smallest absolute Gasteiger partial charge is 0.191 e. The molecular formula is C17H29N3OS. The van der Waals surface area contributed by atoms with E-state index in [0.29, 0.717) is 12.3 Å². The molecule has 0 heterocycles. The van der Waals surface area contributed by atoms with Crippen molar-refractivity contribution in [1.29, 1.82) is 0 Å². The predicted molar refractivity (Wildman–Crippen MR) is 95.8 cm³/mol. The summed E-state index contributed by atoms with van der Waals surface area (Å²) in [4.78, 5) is 5.06. The van der Waals surface area contributed by atoms with Crippen molar-refractivity contribution >= 4 is 16.8 Å². The Hall–Kier alpha value is -1.36. The minimum atomic E-state index is -0.961. The third-order valence-electron chi connectivity index (χ3n) is 3.31. The Balaban J connectivity index is 2.17. The molecule has 124 valence electrons. The molecule has 0 fully saturated rings. The summed E-state index contributed by atoms with van der Waals surface area (Å²) in [5.74, 6) is 2.14. The second-order valence-corrected chi connectivity index (χ2v) is 7.25. The summed E-state index contributed by atoms with van der Waals surface area (Å²) in [6.45, 7) is 6.07. The van der Waals surface area contributed by atoms with Crippen LogP contribution in [-0.4, -0.2) is 36.1 Å². The molecule has 1 rings (SSSR count). The Labute approximate surface area is 137 Å². The van der Waals surface area contributed by atoms with Crippen LogP contribution in [0.25, 0.3) is 0 Å². The Kier molecular flexibility index (Phi) is 9.55. The average Bonchev–Trinajstić information content (AvgIpc) is 2.53. The van der Waals surface area contributed by atoms with E-state index in [2.05, 4.69) is 29.5 Å². The normalized spacial score (nSPS) is 13.2. The highest BCUT2D eigenvalue weighted by atomic mass is 32.2. The van der Waals surface area contributed by atoms with E-state index in [4.69, 9.17) is 0 Å². The van der Waals surface area contributed by atoms with Crippen molar-refractivity contribution < 1.29 is 4.21 Å². The molecular weight excluding hydrogens is 294 g/mol. The van der Waals surface area contributed by atoms with E-state index in [1.807, 2.05) is 30.3 Å². The van der Waals surface area contributed by atoms with E-state index in [9.17, 15) is 4.21 Å². The first-order valence-corrected chi connectivity index (χ1v) is 9.33. The number of hydrogen-bond acceptors (Lipinski definition) is 2. The molecule has 1 unspecified atom stereocenters. The van der Waals surface area contributed by atoms with Gasteiger partial charge in [0.1, 0.15) is 0 Å². The van der Waals surface area contributed by atoms with Crippen LogP contribution in [-0.2, 0) is 10.8 Å². The number of hydrogen-bond donors (Lipinski definition) is 2. The van der Waals surface area contributed by atoms with Gasteiger partial charge in [-0.05, 0) is 24.5 Å². The molecule has 0 radical (unpaired) electrons. The molecule has 0 aliphatic heterocycles. The maximum Gasteiger partial charge on any atom is 0.191 e. The van der Waals surface area contributed by atoms with Gasteiger partial charge in [0.25, 0.3) is 0 Å². The van der Waals surface area contributed by atoms with Gasteiger partial charge in [0, 0.05) is 30.8 Å². The number of aliphatic imine (C=N–C) groups is 1. The highest BCUT2D eigenvalue weighted by molar-refractivity contribution is 7.85. The second-order valence-electron chi connectivity index (χ2n) is 5.68. The molecule has 4 nitrogen and oxygen atoms in total. The molecule has 0 saturated carbocycles. The number of rotatable bonds is 9. The number of guanidine groups is 1. The van der Waals surface area contributed by atoms with E-state index in [1.165, 1.54) is 12.8 Å². The van der Waals surface area contributed by atoms with Crippen molar-refractivity contribution in [2.24, 2.45) is 10.9 Å². The topological polar surface area (TPSA) is 53.5 Å². The van der Waals surface area contributed by atoms with Gasteiger partial charge in [-0.15, -0.1) is 0 Å². The fourth-order valence-electron chi connectivity index (χ4n) is 2.06. The lowest BCUT2D eigenvalue weighted by molar-refractivity contribution is 0.534. The van der Waals surface area contributed by atoms with Crippen molar-refractivity contribution in [3.8, 4) is 0 Å². The highest BCUT2D eigenvalue weighted by Crippen LogP contribution is 2.05. The van der Waals surface area contributed by atoms with Crippen LogP contribution in [0.2, 0.25) is 0 Å². The quantitative estimate of drug-likeness (QED) is 0.417. The van der Waals surface area contributed by atoms with Gasteiger partial charge in [-0.1, -0.05) is 44.9 Å². The van der Waals surface area contributed by atoms with Crippen molar-refractivity contribution in [2.45, 2.75) is 38.0 Å². The van der Waals surface area contributed by atoms with Crippen molar-refractivity contribution in [2.75, 3.05) is 25.9 Å². The molecule has 22 heavy (non-hydrogen) atoms. The summed E-state index contributed by atoms with van der Waals surface area (Å²) < 4.78 is 12.1. The summed E-state index contributed by atoms with van der Waals surface area (Å²) in [5.41, 5.74) is 0. The van der Waals surface area contributed by atoms with Crippen LogP contribution >= 0.6 is 0 Å². The lowest BCUT2D eigenvalue weighted by atomic mass is 10.1. The Morgan fingerprint density at radius 3 is 2.45 bits per heavy atom. The summed E-state index contributed by atoms with van der Waals surface area (Å²) in [6.07, 6.45) is 3.65. The number of nitrogens with one attached hydrogen (secondary N) is 2. The number of benzene rings is 1. The van der Waals surface area contributed by atoms with Gasteiger partial charge in [-0.2, -0.15) is 0 Å². The van der Waals surface area contributed by atoms with Crippen LogP contribution in [0, 0.1) is 5.92 Å². The van der Waals surface area contributed by atoms with Gasteiger partial charge < -0.3 is 10.6 Å². The van der Waals surface area contributed by atoms with E-state index < -0.39 is 10.8 Å². The van der Waals surface area contributed by atoms with Crippen LogP contribution < -0.4 is 10.6 Å². The molecule has 0 spiro atoms. The molecule has 5 heteroatoms. The molecule has 1 atom stereocenters. The summed E-state index contributed by atoms with van der Waals surface area (Å²) in [6, 6.07) is 9.57. The zero-order valence-electron chi connectivity index (χ0n) is 14.0. The Morgan fingerprint density at radius 1 is 1.14 bits per heavy atom. The van der Waals surface area contributed by atoms with Crippen LogP contribution in [0.5, 0.6) is 0 Å². The van der Waals surface area contributed by atoms with Crippen LogP contribution in [0.15, 0.2) is 40.2 Å². The van der Waals surface area contributed by atoms with Gasteiger partial charge >= 0.3 is 0 Å². The maximum absolute atomic E-state index is 12.1. The molecule has 0 saturated heterocycles. The van der Waals surface area contributed by atoms with Crippen molar-refractivity contribution in [1.82, 2.24) is 10.6 Å². The third kappa shape index (κ3) is 8.17. The molecule has 0 bridgehead atoms. The first-order chi connectivity index (χ1) is 10.6. The monoisotopic (exact) mass is 323 g/mol. The predicted octanol–water partition coefficient (Wildman–Crippen LogP) is 2.79. The van der Waals surface area contributed by atoms with Gasteiger partial charge in [-0.25, -0.2) is 0 Å². The van der Waals surface area contributed by atoms with Crippen molar-refractivity contribution in [3.63, 3.8) is 0 Å². The number of nitrogens with zero attached hydrogens (tertiary/aromatic N) is 1. The SMILES string of the molecule is CN=C(NCCCCC(C)C)NCCS(=O)c1ccccc1. The maximum atomic E-state index is 12.1. The highest BCUT2D eigenvalue weighted by Gasteiger charge is 2.03. The summed E-state index contributed by atoms with van der Waals surface area (Å²) in [5, 5.41) is 6.51. The standard InChI is InChI=1S/C17H29N3OS/c1-15(2)9-7-8-12-19-17(18-3)20-13-14-22(21)16-10-5-4-6-11-16/h4-6,10-11,15H,7-9,12-14H2,1-3H3,(H2,18,19,20). The fraction of sp³-hybridized carbons (Fsp3) is 0.588. The average molecular weight is 324 g/mol. The molecule has 0 aliphatic rings. The largest absolute Gasteiger partial charge is 0.356 e. The molecule has 1 aromatic rings. The Morgan fingerprint density at radius 2 is 1.82 bits per heavy atom. The first kappa shape index (κ1) is 18.7. The Bertz CT molecular complexity index is 460.